The number of methoxy groups -OCH3 is 2. The molecule has 3 rings (SSSR count). The predicted octanol–water partition coefficient (Wildman–Crippen LogP) is 4.74. The fourth-order valence-corrected chi connectivity index (χ4v) is 3.30. The number of hydrogen-bond acceptors (Lipinski definition) is 10. The van der Waals surface area contributed by atoms with Gasteiger partial charge >= 0.3 is 0 Å². The molecule has 0 saturated carbocycles. The number of aromatic hydroxyl groups is 2. The van der Waals surface area contributed by atoms with Crippen LogP contribution in [0.2, 0.25) is 0 Å². The highest BCUT2D eigenvalue weighted by molar-refractivity contribution is 6.09. The van der Waals surface area contributed by atoms with Gasteiger partial charge in [-0.2, -0.15) is 10.2 Å². The largest absolute Gasteiger partial charge is 0.506 e. The number of allylic oxidation sites excluding steroid dienone is 2. The van der Waals surface area contributed by atoms with Crippen LogP contribution in [-0.4, -0.2) is 48.4 Å². The molecule has 0 atom stereocenters. The maximum atomic E-state index is 12.0. The van der Waals surface area contributed by atoms with Crippen molar-refractivity contribution in [3.63, 3.8) is 0 Å². The minimum Gasteiger partial charge on any atom is -0.506 e. The summed E-state index contributed by atoms with van der Waals surface area (Å²) < 4.78 is 10.4. The fraction of sp³-hybridized carbons (Fsp3) is 0.0714. The first-order chi connectivity index (χ1) is 18.3. The van der Waals surface area contributed by atoms with Crippen LogP contribution in [0, 0.1) is 0 Å². The number of hydrogen-bond donors (Lipinski definition) is 4. The summed E-state index contributed by atoms with van der Waals surface area (Å²) in [5.74, 6) is -0.638. The number of nitrogens with zero attached hydrogens (tertiary/aromatic N) is 2. The van der Waals surface area contributed by atoms with Crippen molar-refractivity contribution in [3.05, 3.63) is 96.1 Å². The molecule has 10 heteroatoms. The first-order valence-corrected chi connectivity index (χ1v) is 11.1. The van der Waals surface area contributed by atoms with Crippen LogP contribution >= 0.6 is 0 Å². The lowest BCUT2D eigenvalue weighted by atomic mass is 10.0. The topological polar surface area (TPSA) is 142 Å². The average molecular weight is 515 g/mol. The number of ether oxygens (including phenoxy) is 2. The second-order valence-corrected chi connectivity index (χ2v) is 7.68. The number of phenols is 2. The molecular formula is C28H26N4O6. The molecule has 0 amide bonds. The molecule has 4 N–H and O–H groups in total. The summed E-state index contributed by atoms with van der Waals surface area (Å²) in [6.45, 7) is 6.88. The van der Waals surface area contributed by atoms with Crippen molar-refractivity contribution in [1.29, 1.82) is 0 Å². The molecule has 0 saturated heterocycles. The second kappa shape index (κ2) is 12.5. The van der Waals surface area contributed by atoms with E-state index in [4.69, 9.17) is 9.47 Å². The predicted molar refractivity (Wildman–Crippen MR) is 147 cm³/mol. The number of carbonyl (C=O) groups is 2. The molecule has 3 aromatic rings. The van der Waals surface area contributed by atoms with Gasteiger partial charge in [0.05, 0.1) is 49.2 Å². The lowest BCUT2D eigenvalue weighted by Gasteiger charge is -2.09. The number of nitrogens with one attached hydrogen (secondary N) is 2. The monoisotopic (exact) mass is 514 g/mol. The van der Waals surface area contributed by atoms with Crippen LogP contribution in [0.5, 0.6) is 23.0 Å². The van der Waals surface area contributed by atoms with Gasteiger partial charge in [0, 0.05) is 11.1 Å². The lowest BCUT2D eigenvalue weighted by Crippen LogP contribution is -2.00. The summed E-state index contributed by atoms with van der Waals surface area (Å²) in [6.07, 6.45) is 4.90. The summed E-state index contributed by atoms with van der Waals surface area (Å²) >= 11 is 0. The number of carbonyl (C=O) groups excluding carboxylic acids is 2. The van der Waals surface area contributed by atoms with Crippen molar-refractivity contribution in [3.8, 4) is 23.0 Å². The van der Waals surface area contributed by atoms with E-state index in [1.807, 2.05) is 0 Å². The Labute approximate surface area is 219 Å². The Morgan fingerprint density at radius 2 is 1.18 bits per heavy atom. The van der Waals surface area contributed by atoms with Crippen LogP contribution in [0.3, 0.4) is 0 Å². The van der Waals surface area contributed by atoms with E-state index in [0.717, 1.165) is 12.2 Å². The van der Waals surface area contributed by atoms with Gasteiger partial charge in [0.15, 0.2) is 11.6 Å². The number of benzene rings is 3. The molecule has 0 heterocycles. The van der Waals surface area contributed by atoms with E-state index in [2.05, 4.69) is 34.2 Å². The Balaban J connectivity index is 1.75. The quantitative estimate of drug-likeness (QED) is 0.117. The Bertz CT molecular complexity index is 1340. The molecular weight excluding hydrogens is 488 g/mol. The first kappa shape index (κ1) is 27.2. The van der Waals surface area contributed by atoms with E-state index >= 15 is 0 Å². The van der Waals surface area contributed by atoms with Gasteiger partial charge in [-0.15, -0.1) is 0 Å². The molecule has 10 nitrogen and oxygen atoms in total. The molecule has 3 aromatic carbocycles. The van der Waals surface area contributed by atoms with Crippen LogP contribution in [0.1, 0.15) is 31.8 Å². The van der Waals surface area contributed by atoms with Crippen LogP contribution in [0.25, 0.3) is 0 Å². The SMILES string of the molecule is C=CC(=O)c1cc(OC)cc(C=NNc2cccc(NN=Cc3cc(OC)cc(C(=O)C=C)c3O)c2)c1O. The highest BCUT2D eigenvalue weighted by atomic mass is 16.5. The molecule has 0 aliphatic heterocycles. The third-order valence-electron chi connectivity index (χ3n) is 5.26. The molecule has 0 fully saturated rings. The number of hydrazone groups is 2. The zero-order chi connectivity index (χ0) is 27.7. The molecule has 0 aromatic heterocycles. The lowest BCUT2D eigenvalue weighted by molar-refractivity contribution is 0.103. The minimum absolute atomic E-state index is 0.0490. The Morgan fingerprint density at radius 1 is 0.763 bits per heavy atom. The van der Waals surface area contributed by atoms with E-state index in [9.17, 15) is 19.8 Å². The summed E-state index contributed by atoms with van der Waals surface area (Å²) in [6, 6.07) is 12.9. The van der Waals surface area contributed by atoms with Gasteiger partial charge in [-0.3, -0.25) is 20.4 Å². The third-order valence-corrected chi connectivity index (χ3v) is 5.26. The van der Waals surface area contributed by atoms with Crippen molar-refractivity contribution in [2.75, 3.05) is 25.1 Å². The van der Waals surface area contributed by atoms with Crippen molar-refractivity contribution in [2.24, 2.45) is 10.2 Å². The molecule has 194 valence electrons. The average Bonchev–Trinajstić information content (AvgIpc) is 2.94. The number of ketones is 2. The van der Waals surface area contributed by atoms with Crippen molar-refractivity contribution in [1.82, 2.24) is 0 Å². The summed E-state index contributed by atoms with van der Waals surface area (Å²) in [4.78, 5) is 24.0. The second-order valence-electron chi connectivity index (χ2n) is 7.68. The summed E-state index contributed by atoms with van der Waals surface area (Å²) in [7, 11) is 2.90. The fourth-order valence-electron chi connectivity index (χ4n) is 3.30. The van der Waals surface area contributed by atoms with Crippen LogP contribution in [0.15, 0.2) is 84.0 Å². The van der Waals surface area contributed by atoms with Crippen LogP contribution < -0.4 is 20.3 Å². The zero-order valence-corrected chi connectivity index (χ0v) is 20.8. The summed E-state index contributed by atoms with van der Waals surface area (Å²) in [5.41, 5.74) is 7.50. The van der Waals surface area contributed by atoms with E-state index in [1.54, 1.807) is 24.3 Å². The molecule has 0 radical (unpaired) electrons. The normalized spacial score (nSPS) is 10.8. The van der Waals surface area contributed by atoms with Gasteiger partial charge in [0.2, 0.25) is 0 Å². The maximum absolute atomic E-state index is 12.0. The third kappa shape index (κ3) is 6.43. The number of rotatable bonds is 12. The molecule has 0 unspecified atom stereocenters. The van der Waals surface area contributed by atoms with Crippen molar-refractivity contribution < 1.29 is 29.3 Å². The van der Waals surface area contributed by atoms with Gasteiger partial charge in [0.25, 0.3) is 0 Å². The van der Waals surface area contributed by atoms with Crippen LogP contribution in [0.4, 0.5) is 11.4 Å². The molecule has 0 spiro atoms. The Morgan fingerprint density at radius 3 is 1.55 bits per heavy atom. The number of phenolic OH excluding ortho intramolecular Hbond substituents is 2. The number of anilines is 2. The first-order valence-electron chi connectivity index (χ1n) is 11.1. The standard InChI is InChI=1S/C28H26N4O6/c1-5-25(33)23-13-21(37-3)10-17(27(23)35)15-29-31-19-8-7-9-20(12-19)32-30-16-18-11-22(38-4)14-24(28(18)36)26(34)6-2/h5-16,31-32,35-36H,1-2H2,3-4H3. The van der Waals surface area contributed by atoms with E-state index in [0.29, 0.717) is 22.9 Å². The van der Waals surface area contributed by atoms with E-state index in [-0.39, 0.29) is 33.8 Å². The van der Waals surface area contributed by atoms with Gasteiger partial charge in [-0.25, -0.2) is 0 Å². The van der Waals surface area contributed by atoms with Crippen molar-refractivity contribution >= 4 is 35.4 Å². The molecule has 38 heavy (non-hydrogen) atoms. The highest BCUT2D eigenvalue weighted by Gasteiger charge is 2.15. The van der Waals surface area contributed by atoms with Gasteiger partial charge in [0.1, 0.15) is 23.0 Å². The van der Waals surface area contributed by atoms with Gasteiger partial charge in [-0.1, -0.05) is 19.2 Å². The molecule has 0 aliphatic rings. The zero-order valence-electron chi connectivity index (χ0n) is 20.8. The minimum atomic E-state index is -0.450. The smallest absolute Gasteiger partial charge is 0.189 e. The summed E-state index contributed by atoms with van der Waals surface area (Å²) in [5, 5.41) is 29.1. The molecule has 0 aliphatic carbocycles. The Hall–Kier alpha value is -5.38. The highest BCUT2D eigenvalue weighted by Crippen LogP contribution is 2.29. The van der Waals surface area contributed by atoms with Gasteiger partial charge in [-0.05, 0) is 54.6 Å². The molecule has 0 bridgehead atoms. The van der Waals surface area contributed by atoms with Crippen molar-refractivity contribution in [2.45, 2.75) is 0 Å². The van der Waals surface area contributed by atoms with Gasteiger partial charge < -0.3 is 19.7 Å². The Kier molecular flexibility index (Phi) is 8.98. The maximum Gasteiger partial charge on any atom is 0.189 e. The van der Waals surface area contributed by atoms with Crippen LogP contribution in [-0.2, 0) is 0 Å². The van der Waals surface area contributed by atoms with E-state index < -0.39 is 11.6 Å². The van der Waals surface area contributed by atoms with E-state index in [1.165, 1.54) is 50.9 Å².